The van der Waals surface area contributed by atoms with Gasteiger partial charge in [-0.25, -0.2) is 4.99 Å². The average Bonchev–Trinajstić information content (AvgIpc) is 2.70. The molecule has 1 amide bonds. The molecule has 1 unspecified atom stereocenters. The highest BCUT2D eigenvalue weighted by molar-refractivity contribution is 14.0. The van der Waals surface area contributed by atoms with Crippen molar-refractivity contribution in [1.82, 2.24) is 10.2 Å². The molecule has 0 spiro atoms. The molecule has 1 heterocycles. The van der Waals surface area contributed by atoms with Crippen LogP contribution in [0.25, 0.3) is 0 Å². The third-order valence-corrected chi connectivity index (χ3v) is 4.75. The fourth-order valence-electron chi connectivity index (χ4n) is 2.77. The lowest BCUT2D eigenvalue weighted by atomic mass is 10.1. The van der Waals surface area contributed by atoms with Crippen LogP contribution in [0.2, 0.25) is 0 Å². The van der Waals surface area contributed by atoms with Crippen molar-refractivity contribution in [2.24, 2.45) is 16.6 Å². The Morgan fingerprint density at radius 3 is 2.82 bits per heavy atom. The SMILES string of the molecule is CCC(C)C(=O)Nc1cccc(CN=C(N)NCCCN2CCOCC2)c1.I. The molecule has 0 radical (unpaired) electrons. The van der Waals surface area contributed by atoms with E-state index in [0.29, 0.717) is 12.5 Å². The molecule has 0 saturated carbocycles. The van der Waals surface area contributed by atoms with Gasteiger partial charge in [-0.1, -0.05) is 26.0 Å². The van der Waals surface area contributed by atoms with Gasteiger partial charge in [0.25, 0.3) is 0 Å². The molecule has 8 heteroatoms. The monoisotopic (exact) mass is 503 g/mol. The quantitative estimate of drug-likeness (QED) is 0.208. The molecule has 1 fully saturated rings. The van der Waals surface area contributed by atoms with Crippen LogP contribution in [0, 0.1) is 5.92 Å². The number of anilines is 1. The fourth-order valence-corrected chi connectivity index (χ4v) is 2.77. The molecule has 4 N–H and O–H groups in total. The number of hydrogen-bond acceptors (Lipinski definition) is 4. The molecule has 1 atom stereocenters. The number of rotatable bonds is 9. The van der Waals surface area contributed by atoms with E-state index in [2.05, 4.69) is 20.5 Å². The van der Waals surface area contributed by atoms with E-state index >= 15 is 0 Å². The van der Waals surface area contributed by atoms with Crippen molar-refractivity contribution in [2.45, 2.75) is 33.2 Å². The summed E-state index contributed by atoms with van der Waals surface area (Å²) >= 11 is 0. The van der Waals surface area contributed by atoms with Crippen molar-refractivity contribution in [2.75, 3.05) is 44.7 Å². The van der Waals surface area contributed by atoms with Crippen molar-refractivity contribution < 1.29 is 9.53 Å². The number of nitrogens with zero attached hydrogens (tertiary/aromatic N) is 2. The van der Waals surface area contributed by atoms with Crippen LogP contribution in [0.4, 0.5) is 5.69 Å². The van der Waals surface area contributed by atoms with Crippen molar-refractivity contribution in [3.05, 3.63) is 29.8 Å². The number of amides is 1. The van der Waals surface area contributed by atoms with Gasteiger partial charge in [-0.15, -0.1) is 24.0 Å². The minimum absolute atomic E-state index is 0. The predicted molar refractivity (Wildman–Crippen MR) is 125 cm³/mol. The number of carbonyl (C=O) groups excluding carboxylic acids is 1. The van der Waals surface area contributed by atoms with Gasteiger partial charge < -0.3 is 21.1 Å². The van der Waals surface area contributed by atoms with Crippen LogP contribution in [0.15, 0.2) is 29.3 Å². The standard InChI is InChI=1S/C20H33N5O2.HI/c1-3-16(2)19(26)24-18-7-4-6-17(14-18)15-23-20(21)22-8-5-9-25-10-12-27-13-11-25;/h4,6-7,14,16H,3,5,8-13,15H2,1-2H3,(H,24,26)(H3,21,22,23);1H. The van der Waals surface area contributed by atoms with E-state index in [1.165, 1.54) is 0 Å². The summed E-state index contributed by atoms with van der Waals surface area (Å²) < 4.78 is 5.35. The number of guanidine groups is 1. The molecule has 0 bridgehead atoms. The van der Waals surface area contributed by atoms with Crippen LogP contribution in [-0.4, -0.2) is 56.2 Å². The summed E-state index contributed by atoms with van der Waals surface area (Å²) in [6.07, 6.45) is 1.84. The number of halogens is 1. The van der Waals surface area contributed by atoms with Crippen molar-refractivity contribution >= 4 is 41.5 Å². The Hall–Kier alpha value is -1.39. The van der Waals surface area contributed by atoms with E-state index in [0.717, 1.165) is 63.5 Å². The molecular weight excluding hydrogens is 469 g/mol. The first-order valence-electron chi connectivity index (χ1n) is 9.82. The Bertz CT molecular complexity index is 620. The van der Waals surface area contributed by atoms with E-state index < -0.39 is 0 Å². The Morgan fingerprint density at radius 2 is 2.11 bits per heavy atom. The zero-order valence-electron chi connectivity index (χ0n) is 16.9. The number of aliphatic imine (C=N–C) groups is 1. The molecule has 1 saturated heterocycles. The first kappa shape index (κ1) is 24.6. The van der Waals surface area contributed by atoms with E-state index in [1.54, 1.807) is 0 Å². The lowest BCUT2D eigenvalue weighted by molar-refractivity contribution is -0.119. The van der Waals surface area contributed by atoms with Crippen LogP contribution >= 0.6 is 24.0 Å². The number of benzene rings is 1. The fraction of sp³-hybridized carbons (Fsp3) is 0.600. The second-order valence-electron chi connectivity index (χ2n) is 6.93. The summed E-state index contributed by atoms with van der Waals surface area (Å²) in [6.45, 7) is 9.93. The van der Waals surface area contributed by atoms with Crippen LogP contribution in [-0.2, 0) is 16.1 Å². The Morgan fingerprint density at radius 1 is 1.36 bits per heavy atom. The second-order valence-corrected chi connectivity index (χ2v) is 6.93. The lowest BCUT2D eigenvalue weighted by Gasteiger charge is -2.26. The molecule has 0 aliphatic carbocycles. The van der Waals surface area contributed by atoms with Gasteiger partial charge in [-0.2, -0.15) is 0 Å². The normalized spacial score (nSPS) is 16.1. The van der Waals surface area contributed by atoms with Gasteiger partial charge in [0.2, 0.25) is 5.91 Å². The van der Waals surface area contributed by atoms with Gasteiger partial charge in [-0.05, 0) is 37.1 Å². The van der Waals surface area contributed by atoms with E-state index in [1.807, 2.05) is 38.1 Å². The van der Waals surface area contributed by atoms with E-state index in [4.69, 9.17) is 10.5 Å². The van der Waals surface area contributed by atoms with Crippen LogP contribution < -0.4 is 16.4 Å². The number of hydrogen-bond donors (Lipinski definition) is 3. The van der Waals surface area contributed by atoms with Crippen LogP contribution in [0.5, 0.6) is 0 Å². The predicted octanol–water partition coefficient (Wildman–Crippen LogP) is 2.42. The van der Waals surface area contributed by atoms with Crippen molar-refractivity contribution in [3.63, 3.8) is 0 Å². The summed E-state index contributed by atoms with van der Waals surface area (Å²) in [4.78, 5) is 18.8. The Kier molecular flexibility index (Phi) is 12.1. The van der Waals surface area contributed by atoms with Gasteiger partial charge in [0.1, 0.15) is 0 Å². The molecule has 7 nitrogen and oxygen atoms in total. The molecule has 1 aliphatic rings. The molecule has 2 rings (SSSR count). The number of carbonyl (C=O) groups is 1. The molecule has 0 aromatic heterocycles. The van der Waals surface area contributed by atoms with E-state index in [-0.39, 0.29) is 35.8 Å². The zero-order chi connectivity index (χ0) is 19.5. The molecule has 1 aromatic carbocycles. The van der Waals surface area contributed by atoms with Crippen LogP contribution in [0.3, 0.4) is 0 Å². The maximum Gasteiger partial charge on any atom is 0.227 e. The summed E-state index contributed by atoms with van der Waals surface area (Å²) in [6, 6.07) is 7.73. The molecule has 28 heavy (non-hydrogen) atoms. The summed E-state index contributed by atoms with van der Waals surface area (Å²) in [5, 5.41) is 6.11. The first-order valence-corrected chi connectivity index (χ1v) is 9.82. The molecule has 158 valence electrons. The topological polar surface area (TPSA) is 92.0 Å². The minimum atomic E-state index is 0. The van der Waals surface area contributed by atoms with Gasteiger partial charge in [0.15, 0.2) is 5.96 Å². The Labute approximate surface area is 185 Å². The summed E-state index contributed by atoms with van der Waals surface area (Å²) in [5.74, 6) is 0.495. The Balaban J connectivity index is 0.00000392. The highest BCUT2D eigenvalue weighted by Gasteiger charge is 2.11. The molecular formula is C20H34IN5O2. The smallest absolute Gasteiger partial charge is 0.227 e. The highest BCUT2D eigenvalue weighted by atomic mass is 127. The second kappa shape index (κ2) is 13.7. The minimum Gasteiger partial charge on any atom is -0.379 e. The highest BCUT2D eigenvalue weighted by Crippen LogP contribution is 2.13. The molecule has 1 aromatic rings. The van der Waals surface area contributed by atoms with Crippen LogP contribution in [0.1, 0.15) is 32.3 Å². The largest absolute Gasteiger partial charge is 0.379 e. The van der Waals surface area contributed by atoms with Crippen molar-refractivity contribution in [1.29, 1.82) is 0 Å². The van der Waals surface area contributed by atoms with Gasteiger partial charge >= 0.3 is 0 Å². The third kappa shape index (κ3) is 9.20. The average molecular weight is 503 g/mol. The number of morpholine rings is 1. The number of ether oxygens (including phenoxy) is 1. The van der Waals surface area contributed by atoms with E-state index in [9.17, 15) is 4.79 Å². The van der Waals surface area contributed by atoms with Gasteiger partial charge in [0.05, 0.1) is 19.8 Å². The third-order valence-electron chi connectivity index (χ3n) is 4.75. The number of nitrogens with one attached hydrogen (secondary N) is 2. The maximum atomic E-state index is 12.0. The van der Waals surface area contributed by atoms with Gasteiger partial charge in [-0.3, -0.25) is 9.69 Å². The maximum absolute atomic E-state index is 12.0. The van der Waals surface area contributed by atoms with Gasteiger partial charge in [0, 0.05) is 31.2 Å². The molecule has 1 aliphatic heterocycles. The lowest BCUT2D eigenvalue weighted by Crippen LogP contribution is -2.39. The number of nitrogens with two attached hydrogens (primary N) is 1. The van der Waals surface area contributed by atoms with Crippen molar-refractivity contribution in [3.8, 4) is 0 Å². The first-order chi connectivity index (χ1) is 13.1. The zero-order valence-corrected chi connectivity index (χ0v) is 19.3. The summed E-state index contributed by atoms with van der Waals surface area (Å²) in [5.41, 5.74) is 7.76. The summed E-state index contributed by atoms with van der Waals surface area (Å²) in [7, 11) is 0.